The molecule has 1 aliphatic heterocycles. The van der Waals surface area contributed by atoms with Crippen LogP contribution in [-0.4, -0.2) is 21.7 Å². The third kappa shape index (κ3) is 3.57. The Morgan fingerprint density at radius 3 is 2.35 bits per heavy atom. The summed E-state index contributed by atoms with van der Waals surface area (Å²) >= 11 is 0. The van der Waals surface area contributed by atoms with Crippen molar-refractivity contribution >= 4 is 28.8 Å². The normalized spacial score (nSPS) is 17.7. The zero-order valence-electron chi connectivity index (χ0n) is 16.6. The fourth-order valence-corrected chi connectivity index (χ4v) is 3.75. The smallest absolute Gasteiger partial charge is 0.300 e. The number of aliphatic hydroxyl groups is 1. The van der Waals surface area contributed by atoms with Gasteiger partial charge in [-0.25, -0.2) is 0 Å². The number of aliphatic hydroxyl groups excluding tert-OH is 1. The number of amides is 1. The average molecular weight is 414 g/mol. The highest BCUT2D eigenvalue weighted by atomic mass is 16.6. The molecule has 1 saturated heterocycles. The summed E-state index contributed by atoms with van der Waals surface area (Å²) < 4.78 is 0. The van der Waals surface area contributed by atoms with Crippen LogP contribution in [0.3, 0.4) is 0 Å². The van der Waals surface area contributed by atoms with Crippen LogP contribution in [0.4, 0.5) is 11.4 Å². The fourth-order valence-electron chi connectivity index (χ4n) is 3.75. The summed E-state index contributed by atoms with van der Waals surface area (Å²) in [6.45, 7) is 1.85. The molecule has 3 aromatic rings. The second kappa shape index (κ2) is 7.87. The van der Waals surface area contributed by atoms with Gasteiger partial charge in [0.1, 0.15) is 5.76 Å². The lowest BCUT2D eigenvalue weighted by atomic mass is 9.94. The highest BCUT2D eigenvalue weighted by molar-refractivity contribution is 6.51. The number of Topliss-reactive ketones (excluding diaryl/α,β-unsaturated/α-hetero) is 1. The molecule has 0 saturated carbocycles. The summed E-state index contributed by atoms with van der Waals surface area (Å²) in [6.07, 6.45) is 0. The van der Waals surface area contributed by atoms with Crippen molar-refractivity contribution in [2.45, 2.75) is 13.0 Å². The summed E-state index contributed by atoms with van der Waals surface area (Å²) in [5.74, 6) is -1.98. The summed E-state index contributed by atoms with van der Waals surface area (Å²) in [5, 5.41) is 22.3. The van der Waals surface area contributed by atoms with Gasteiger partial charge in [-0.05, 0) is 30.2 Å². The maximum absolute atomic E-state index is 13.1. The van der Waals surface area contributed by atoms with Gasteiger partial charge in [-0.2, -0.15) is 0 Å². The van der Waals surface area contributed by atoms with E-state index in [4.69, 9.17) is 0 Å². The lowest BCUT2D eigenvalue weighted by Crippen LogP contribution is -2.29. The molecular formula is C24H18N2O5. The predicted octanol–water partition coefficient (Wildman–Crippen LogP) is 4.53. The van der Waals surface area contributed by atoms with Gasteiger partial charge in [0.05, 0.1) is 16.5 Å². The second-order valence-corrected chi connectivity index (χ2v) is 7.23. The van der Waals surface area contributed by atoms with Crippen LogP contribution in [0.25, 0.3) is 5.76 Å². The Labute approximate surface area is 178 Å². The van der Waals surface area contributed by atoms with E-state index in [9.17, 15) is 24.8 Å². The molecule has 0 unspecified atom stereocenters. The molecule has 0 bridgehead atoms. The van der Waals surface area contributed by atoms with Crippen LogP contribution < -0.4 is 4.90 Å². The van der Waals surface area contributed by atoms with Crippen LogP contribution in [0.2, 0.25) is 0 Å². The number of aryl methyl sites for hydroxylation is 1. The minimum absolute atomic E-state index is 0.113. The standard InChI is InChI=1S/C24H18N2O5/c1-15-7-5-11-18(13-15)25-21(17-10-6-12-19(14-17)26(30)31)20(23(28)24(25)29)22(27)16-8-3-2-4-9-16/h2-14,21,27H,1H3/b22-20+/t21-/m1/s1. The Morgan fingerprint density at radius 2 is 1.68 bits per heavy atom. The zero-order chi connectivity index (χ0) is 22.1. The van der Waals surface area contributed by atoms with Crippen molar-refractivity contribution in [3.63, 3.8) is 0 Å². The first-order valence-electron chi connectivity index (χ1n) is 9.56. The van der Waals surface area contributed by atoms with Gasteiger partial charge in [0.25, 0.3) is 17.4 Å². The van der Waals surface area contributed by atoms with Gasteiger partial charge in [-0.15, -0.1) is 0 Å². The summed E-state index contributed by atoms with van der Waals surface area (Å²) in [5.41, 5.74) is 1.78. The summed E-state index contributed by atoms with van der Waals surface area (Å²) in [7, 11) is 0. The van der Waals surface area contributed by atoms with E-state index < -0.39 is 22.7 Å². The Bertz CT molecular complexity index is 1230. The first-order chi connectivity index (χ1) is 14.9. The average Bonchev–Trinajstić information content (AvgIpc) is 3.04. The molecule has 1 atom stereocenters. The quantitative estimate of drug-likeness (QED) is 0.222. The Hall–Kier alpha value is -4.26. The van der Waals surface area contributed by atoms with E-state index in [1.54, 1.807) is 54.6 Å². The molecule has 0 aromatic heterocycles. The molecule has 3 aromatic carbocycles. The Kier molecular flexibility index (Phi) is 5.09. The molecule has 31 heavy (non-hydrogen) atoms. The number of nitrogens with zero attached hydrogens (tertiary/aromatic N) is 2. The van der Waals surface area contributed by atoms with Crippen LogP contribution in [-0.2, 0) is 9.59 Å². The van der Waals surface area contributed by atoms with Gasteiger partial charge < -0.3 is 5.11 Å². The van der Waals surface area contributed by atoms with Crippen LogP contribution in [0.1, 0.15) is 22.7 Å². The minimum atomic E-state index is -1.01. The number of ketones is 1. The van der Waals surface area contributed by atoms with Crippen molar-refractivity contribution in [1.82, 2.24) is 0 Å². The lowest BCUT2D eigenvalue weighted by molar-refractivity contribution is -0.384. The Morgan fingerprint density at radius 1 is 0.968 bits per heavy atom. The number of rotatable bonds is 4. The molecule has 1 fully saturated rings. The first-order valence-corrected chi connectivity index (χ1v) is 9.56. The maximum Gasteiger partial charge on any atom is 0.300 e. The van der Waals surface area contributed by atoms with Crippen LogP contribution in [0, 0.1) is 17.0 Å². The van der Waals surface area contributed by atoms with Gasteiger partial charge in [0, 0.05) is 23.4 Å². The number of carbonyl (C=O) groups excluding carboxylic acids is 2. The first kappa shape index (κ1) is 20.0. The van der Waals surface area contributed by atoms with E-state index in [0.29, 0.717) is 16.8 Å². The van der Waals surface area contributed by atoms with Gasteiger partial charge in [-0.3, -0.25) is 24.6 Å². The van der Waals surface area contributed by atoms with Crippen molar-refractivity contribution in [2.75, 3.05) is 4.90 Å². The third-order valence-corrected chi connectivity index (χ3v) is 5.17. The van der Waals surface area contributed by atoms with Crippen molar-refractivity contribution in [3.8, 4) is 0 Å². The third-order valence-electron chi connectivity index (χ3n) is 5.17. The number of hydrogen-bond acceptors (Lipinski definition) is 5. The number of non-ortho nitro benzene ring substituents is 1. The molecular weight excluding hydrogens is 396 g/mol. The molecule has 0 spiro atoms. The van der Waals surface area contributed by atoms with Crippen molar-refractivity contribution in [3.05, 3.63) is 111 Å². The maximum atomic E-state index is 13.1. The molecule has 1 heterocycles. The van der Waals surface area contributed by atoms with Crippen LogP contribution >= 0.6 is 0 Å². The van der Waals surface area contributed by atoms with E-state index in [1.165, 1.54) is 23.1 Å². The fraction of sp³-hybridized carbons (Fsp3) is 0.0833. The SMILES string of the molecule is Cc1cccc(N2C(=O)C(=O)/C(=C(/O)c3ccccc3)[C@H]2c2cccc([N+](=O)[O-])c2)c1. The van der Waals surface area contributed by atoms with E-state index in [2.05, 4.69) is 0 Å². The highest BCUT2D eigenvalue weighted by Gasteiger charge is 2.47. The van der Waals surface area contributed by atoms with Gasteiger partial charge in [0.2, 0.25) is 0 Å². The molecule has 4 rings (SSSR count). The highest BCUT2D eigenvalue weighted by Crippen LogP contribution is 2.42. The molecule has 7 nitrogen and oxygen atoms in total. The second-order valence-electron chi connectivity index (χ2n) is 7.23. The molecule has 0 aliphatic carbocycles. The monoisotopic (exact) mass is 414 g/mol. The molecule has 1 N–H and O–H groups in total. The van der Waals surface area contributed by atoms with E-state index in [1.807, 2.05) is 13.0 Å². The number of nitro groups is 1. The molecule has 1 amide bonds. The van der Waals surface area contributed by atoms with Gasteiger partial charge in [-0.1, -0.05) is 54.6 Å². The predicted molar refractivity (Wildman–Crippen MR) is 116 cm³/mol. The van der Waals surface area contributed by atoms with E-state index in [-0.39, 0.29) is 17.0 Å². The van der Waals surface area contributed by atoms with Gasteiger partial charge >= 0.3 is 0 Å². The molecule has 0 radical (unpaired) electrons. The summed E-state index contributed by atoms with van der Waals surface area (Å²) in [4.78, 5) is 38.2. The van der Waals surface area contributed by atoms with E-state index >= 15 is 0 Å². The lowest BCUT2D eigenvalue weighted by Gasteiger charge is -2.25. The molecule has 154 valence electrons. The van der Waals surface area contributed by atoms with Crippen LogP contribution in [0.5, 0.6) is 0 Å². The number of hydrogen-bond donors (Lipinski definition) is 1. The molecule has 7 heteroatoms. The zero-order valence-corrected chi connectivity index (χ0v) is 16.6. The molecule has 1 aliphatic rings. The number of anilines is 1. The Balaban J connectivity index is 1.98. The topological polar surface area (TPSA) is 101 Å². The van der Waals surface area contributed by atoms with Crippen LogP contribution in [0.15, 0.2) is 84.4 Å². The van der Waals surface area contributed by atoms with Crippen molar-refractivity contribution < 1.29 is 19.6 Å². The summed E-state index contributed by atoms with van der Waals surface area (Å²) in [6, 6.07) is 20.2. The van der Waals surface area contributed by atoms with Crippen molar-refractivity contribution in [1.29, 1.82) is 0 Å². The minimum Gasteiger partial charge on any atom is -0.507 e. The largest absolute Gasteiger partial charge is 0.507 e. The number of carbonyl (C=O) groups is 2. The van der Waals surface area contributed by atoms with Gasteiger partial charge in [0.15, 0.2) is 0 Å². The van der Waals surface area contributed by atoms with Crippen molar-refractivity contribution in [2.24, 2.45) is 0 Å². The number of benzene rings is 3. The number of nitro benzene ring substituents is 1. The van der Waals surface area contributed by atoms with E-state index in [0.717, 1.165) is 5.56 Å².